The van der Waals surface area contributed by atoms with E-state index in [1.807, 2.05) is 31.2 Å². The van der Waals surface area contributed by atoms with Gasteiger partial charge in [-0.2, -0.15) is 9.78 Å². The van der Waals surface area contributed by atoms with Gasteiger partial charge in [-0.3, -0.25) is 9.59 Å². The molecule has 0 spiro atoms. The van der Waals surface area contributed by atoms with Crippen LogP contribution in [0.15, 0.2) is 77.7 Å². The quantitative estimate of drug-likeness (QED) is 0.320. The number of hydrogen-bond donors (Lipinski definition) is 2. The second kappa shape index (κ2) is 11.1. The van der Waals surface area contributed by atoms with E-state index in [4.69, 9.17) is 18.9 Å². The Kier molecular flexibility index (Phi) is 7.23. The van der Waals surface area contributed by atoms with E-state index in [0.717, 1.165) is 5.56 Å². The second-order valence-electron chi connectivity index (χ2n) is 8.51. The third-order valence-electron chi connectivity index (χ3n) is 5.78. The number of hydrogen-bond acceptors (Lipinski definition) is 8. The molecule has 0 bridgehead atoms. The minimum absolute atomic E-state index is 0.134. The van der Waals surface area contributed by atoms with Crippen molar-refractivity contribution in [1.29, 1.82) is 0 Å². The lowest BCUT2D eigenvalue weighted by Gasteiger charge is -2.15. The fraction of sp³-hybridized carbons (Fsp3) is 0.179. The minimum Gasteiger partial charge on any atom is -0.454 e. The fourth-order valence-electron chi connectivity index (χ4n) is 3.82. The molecule has 2 N–H and O–H groups in total. The van der Waals surface area contributed by atoms with Crippen LogP contribution in [-0.2, 0) is 4.74 Å². The highest BCUT2D eigenvalue weighted by Gasteiger charge is 2.19. The summed E-state index contributed by atoms with van der Waals surface area (Å²) >= 11 is 0. The molecule has 10 heteroatoms. The average molecular weight is 515 g/mol. The van der Waals surface area contributed by atoms with E-state index < -0.39 is 5.56 Å². The Morgan fingerprint density at radius 1 is 1.05 bits per heavy atom. The molecule has 0 aliphatic carbocycles. The normalized spacial score (nSPS) is 11.7. The van der Waals surface area contributed by atoms with Gasteiger partial charge in [0.2, 0.25) is 6.79 Å². The Hall–Kier alpha value is -4.83. The molecule has 0 fully saturated rings. The number of amides is 1. The van der Waals surface area contributed by atoms with Gasteiger partial charge in [0.1, 0.15) is 5.75 Å². The molecular weight excluding hydrogens is 488 g/mol. The Bertz CT molecular complexity index is 1520. The maximum absolute atomic E-state index is 13.7. The standard InChI is InChI=1S/C28H26N4O6/c1-18-6-8-21(9-7-18)32-28(34)26(31-20-5-3-4-19(14-20)27(33)29-12-13-35-2)25(16-30-32)38-22-10-11-23-24(15-22)37-17-36-23/h3-11,14-16,31H,12-13,17H2,1-2H3,(H,29,33). The number of carbonyl (C=O) groups excluding carboxylic acids is 1. The number of benzene rings is 3. The fourth-order valence-corrected chi connectivity index (χ4v) is 3.82. The summed E-state index contributed by atoms with van der Waals surface area (Å²) in [6.45, 7) is 2.88. The lowest BCUT2D eigenvalue weighted by molar-refractivity contribution is 0.0937. The van der Waals surface area contributed by atoms with Crippen LogP contribution in [0.5, 0.6) is 23.0 Å². The number of carbonyl (C=O) groups is 1. The number of methoxy groups -OCH3 is 1. The highest BCUT2D eigenvalue weighted by molar-refractivity contribution is 5.95. The van der Waals surface area contributed by atoms with Gasteiger partial charge >= 0.3 is 0 Å². The van der Waals surface area contributed by atoms with E-state index in [1.54, 1.807) is 49.6 Å². The van der Waals surface area contributed by atoms with Gasteiger partial charge in [-0.15, -0.1) is 0 Å². The SMILES string of the molecule is COCCNC(=O)c1cccc(Nc2c(Oc3ccc4c(c3)OCO4)cnn(-c3ccc(C)cc3)c2=O)c1. The van der Waals surface area contributed by atoms with Gasteiger partial charge in [0.15, 0.2) is 22.9 Å². The van der Waals surface area contributed by atoms with Crippen molar-refractivity contribution in [3.63, 3.8) is 0 Å². The van der Waals surface area contributed by atoms with Crippen molar-refractivity contribution < 1.29 is 23.7 Å². The summed E-state index contributed by atoms with van der Waals surface area (Å²) in [4.78, 5) is 26.2. The summed E-state index contributed by atoms with van der Waals surface area (Å²) in [6, 6.07) is 19.4. The molecule has 1 aliphatic heterocycles. The number of rotatable bonds is 9. The third kappa shape index (κ3) is 5.45. The Balaban J connectivity index is 1.50. The van der Waals surface area contributed by atoms with E-state index in [0.29, 0.717) is 47.3 Å². The zero-order chi connectivity index (χ0) is 26.5. The molecule has 0 radical (unpaired) electrons. The van der Waals surface area contributed by atoms with Crippen molar-refractivity contribution in [3.8, 4) is 28.7 Å². The number of ether oxygens (including phenoxy) is 4. The molecule has 1 amide bonds. The number of fused-ring (bicyclic) bond motifs is 1. The van der Waals surface area contributed by atoms with Gasteiger partial charge in [-0.05, 0) is 49.4 Å². The largest absolute Gasteiger partial charge is 0.454 e. The number of anilines is 2. The van der Waals surface area contributed by atoms with E-state index in [2.05, 4.69) is 15.7 Å². The van der Waals surface area contributed by atoms with Crippen LogP contribution in [0.1, 0.15) is 15.9 Å². The van der Waals surface area contributed by atoms with Crippen molar-refractivity contribution in [2.45, 2.75) is 6.92 Å². The zero-order valence-electron chi connectivity index (χ0n) is 20.9. The first-order chi connectivity index (χ1) is 18.5. The molecule has 0 unspecified atom stereocenters. The average Bonchev–Trinajstić information content (AvgIpc) is 3.40. The van der Waals surface area contributed by atoms with Crippen LogP contribution in [0.4, 0.5) is 11.4 Å². The van der Waals surface area contributed by atoms with Crippen LogP contribution in [0.25, 0.3) is 5.69 Å². The maximum atomic E-state index is 13.7. The van der Waals surface area contributed by atoms with Gasteiger partial charge in [-0.1, -0.05) is 23.8 Å². The third-order valence-corrected chi connectivity index (χ3v) is 5.78. The van der Waals surface area contributed by atoms with Crippen LogP contribution in [0, 0.1) is 6.92 Å². The first-order valence-corrected chi connectivity index (χ1v) is 11.9. The molecule has 2 heterocycles. The van der Waals surface area contributed by atoms with Crippen molar-refractivity contribution in [2.24, 2.45) is 0 Å². The Morgan fingerprint density at radius 3 is 2.68 bits per heavy atom. The van der Waals surface area contributed by atoms with Crippen molar-refractivity contribution in [2.75, 3.05) is 32.4 Å². The molecule has 0 saturated carbocycles. The lowest BCUT2D eigenvalue weighted by atomic mass is 10.2. The molecular formula is C28H26N4O6. The lowest BCUT2D eigenvalue weighted by Crippen LogP contribution is -2.27. The Labute approximate surface area is 218 Å². The summed E-state index contributed by atoms with van der Waals surface area (Å²) in [5.41, 5.74) is 2.33. The first-order valence-electron chi connectivity index (χ1n) is 11.9. The van der Waals surface area contributed by atoms with Crippen molar-refractivity contribution in [3.05, 3.63) is 94.4 Å². The predicted molar refractivity (Wildman–Crippen MR) is 141 cm³/mol. The molecule has 10 nitrogen and oxygen atoms in total. The van der Waals surface area contributed by atoms with Crippen LogP contribution < -0.4 is 30.4 Å². The first kappa shape index (κ1) is 24.8. The smallest absolute Gasteiger partial charge is 0.299 e. The van der Waals surface area contributed by atoms with Gasteiger partial charge in [0.25, 0.3) is 11.5 Å². The number of aromatic nitrogens is 2. The zero-order valence-corrected chi connectivity index (χ0v) is 20.9. The van der Waals surface area contributed by atoms with Gasteiger partial charge < -0.3 is 29.6 Å². The summed E-state index contributed by atoms with van der Waals surface area (Å²) in [5.74, 6) is 1.55. The number of nitrogens with zero attached hydrogens (tertiary/aromatic N) is 2. The van der Waals surface area contributed by atoms with E-state index in [9.17, 15) is 9.59 Å². The van der Waals surface area contributed by atoms with Gasteiger partial charge in [-0.25, -0.2) is 0 Å². The minimum atomic E-state index is -0.429. The summed E-state index contributed by atoms with van der Waals surface area (Å²) in [5, 5.41) is 10.3. The van der Waals surface area contributed by atoms with E-state index in [-0.39, 0.29) is 24.1 Å². The van der Waals surface area contributed by atoms with Gasteiger partial charge in [0.05, 0.1) is 18.5 Å². The molecule has 5 rings (SSSR count). The van der Waals surface area contributed by atoms with Crippen molar-refractivity contribution in [1.82, 2.24) is 15.1 Å². The molecule has 1 aliphatic rings. The molecule has 3 aromatic carbocycles. The highest BCUT2D eigenvalue weighted by atomic mass is 16.7. The van der Waals surface area contributed by atoms with Crippen LogP contribution in [0.2, 0.25) is 0 Å². The second-order valence-corrected chi connectivity index (χ2v) is 8.51. The van der Waals surface area contributed by atoms with Crippen molar-refractivity contribution >= 4 is 17.3 Å². The van der Waals surface area contributed by atoms with Crippen LogP contribution >= 0.6 is 0 Å². The molecule has 0 atom stereocenters. The summed E-state index contributed by atoms with van der Waals surface area (Å²) in [6.07, 6.45) is 1.47. The highest BCUT2D eigenvalue weighted by Crippen LogP contribution is 2.37. The molecule has 4 aromatic rings. The Morgan fingerprint density at radius 2 is 1.87 bits per heavy atom. The van der Waals surface area contributed by atoms with Crippen LogP contribution in [-0.4, -0.2) is 42.7 Å². The molecule has 1 aromatic heterocycles. The van der Waals surface area contributed by atoms with Gasteiger partial charge in [0, 0.05) is 31.0 Å². The summed E-state index contributed by atoms with van der Waals surface area (Å²) in [7, 11) is 1.57. The number of aryl methyl sites for hydroxylation is 1. The molecule has 194 valence electrons. The van der Waals surface area contributed by atoms with E-state index in [1.165, 1.54) is 10.9 Å². The number of nitrogens with one attached hydrogen (secondary N) is 2. The monoisotopic (exact) mass is 514 g/mol. The van der Waals surface area contributed by atoms with E-state index >= 15 is 0 Å². The predicted octanol–water partition coefficient (Wildman–Crippen LogP) is 4.18. The maximum Gasteiger partial charge on any atom is 0.299 e. The topological polar surface area (TPSA) is 113 Å². The molecule has 38 heavy (non-hydrogen) atoms. The summed E-state index contributed by atoms with van der Waals surface area (Å²) < 4.78 is 23.2. The molecule has 0 saturated heterocycles. The van der Waals surface area contributed by atoms with Crippen LogP contribution in [0.3, 0.4) is 0 Å².